The average molecular weight is 655 g/mol. The van der Waals surface area contributed by atoms with Gasteiger partial charge in [-0.3, -0.25) is 29.8 Å². The molecule has 0 fully saturated rings. The zero-order chi connectivity index (χ0) is 34.8. The van der Waals surface area contributed by atoms with Crippen molar-refractivity contribution in [3.8, 4) is 11.1 Å². The summed E-state index contributed by atoms with van der Waals surface area (Å²) in [7, 11) is 0. The number of benzene rings is 2. The van der Waals surface area contributed by atoms with Crippen molar-refractivity contribution in [1.82, 2.24) is 20.7 Å². The van der Waals surface area contributed by atoms with Crippen molar-refractivity contribution in [3.63, 3.8) is 0 Å². The van der Waals surface area contributed by atoms with Gasteiger partial charge in [0.2, 0.25) is 5.91 Å². The van der Waals surface area contributed by atoms with Crippen LogP contribution in [-0.4, -0.2) is 58.2 Å². The Morgan fingerprint density at radius 3 is 2.10 bits per heavy atom. The molecule has 0 saturated carbocycles. The fraction of sp³-hybridized carbons (Fsp3) is 0.395. The highest BCUT2D eigenvalue weighted by Crippen LogP contribution is 2.44. The second-order valence-corrected chi connectivity index (χ2v) is 13.1. The van der Waals surface area contributed by atoms with Gasteiger partial charge in [-0.05, 0) is 65.5 Å². The highest BCUT2D eigenvalue weighted by atomic mass is 16.5. The number of nitrogens with one attached hydrogen (secondary N) is 2. The number of fused-ring (bicyclic) bond motifs is 3. The van der Waals surface area contributed by atoms with E-state index in [0.717, 1.165) is 27.8 Å². The summed E-state index contributed by atoms with van der Waals surface area (Å²) in [6.45, 7) is 9.41. The molecule has 1 aromatic heterocycles. The van der Waals surface area contributed by atoms with E-state index in [1.807, 2.05) is 70.2 Å². The van der Waals surface area contributed by atoms with Gasteiger partial charge >= 0.3 is 12.1 Å². The summed E-state index contributed by atoms with van der Waals surface area (Å²) in [6, 6.07) is 18.6. The van der Waals surface area contributed by atoms with E-state index in [1.54, 1.807) is 30.6 Å². The number of ether oxygens (including phenoxy) is 1. The lowest BCUT2D eigenvalue weighted by atomic mass is 9.82. The van der Waals surface area contributed by atoms with E-state index in [4.69, 9.17) is 4.74 Å². The topological polar surface area (TPSA) is 138 Å². The summed E-state index contributed by atoms with van der Waals surface area (Å²) in [5.74, 6) is -4.28. The molecular formula is C38H46N4O6. The molecule has 3 atom stereocenters. The normalized spacial score (nSPS) is 14.2. The van der Waals surface area contributed by atoms with E-state index in [9.17, 15) is 24.3 Å². The van der Waals surface area contributed by atoms with Gasteiger partial charge in [0.15, 0.2) is 0 Å². The van der Waals surface area contributed by atoms with Crippen molar-refractivity contribution in [1.29, 1.82) is 0 Å². The monoisotopic (exact) mass is 654 g/mol. The number of amides is 3. The van der Waals surface area contributed by atoms with Crippen molar-refractivity contribution in [2.45, 2.75) is 59.4 Å². The summed E-state index contributed by atoms with van der Waals surface area (Å²) in [5.41, 5.74) is 7.89. The molecule has 1 aliphatic carbocycles. The average Bonchev–Trinajstić information content (AvgIpc) is 3.37. The smallest absolute Gasteiger partial charge is 0.407 e. The molecule has 0 unspecified atom stereocenters. The standard InChI is InChI=1S/C38H46N4O6/c1-24(2)20-33(32(37(45)46)18-10-12-27-13-11-19-39-21-27)35(43)41-42(22-25(3)4)36(44)26(5)40-38(47)48-23-34-30-16-8-6-14-28(30)29-15-7-9-17-31(29)34/h6-17,19,21,24-26,32-34H,18,20,22-23H2,1-5H3,(H,40,47)(H,41,43)(H,45,46)/t26-,32+,33-/m1/s1. The van der Waals surface area contributed by atoms with Crippen LogP contribution in [0.25, 0.3) is 17.2 Å². The first-order valence-electron chi connectivity index (χ1n) is 16.5. The number of rotatable bonds is 14. The highest BCUT2D eigenvalue weighted by Gasteiger charge is 2.36. The summed E-state index contributed by atoms with van der Waals surface area (Å²) >= 11 is 0. The molecular weight excluding hydrogens is 608 g/mol. The van der Waals surface area contributed by atoms with E-state index >= 15 is 0 Å². The molecule has 48 heavy (non-hydrogen) atoms. The third-order valence-corrected chi connectivity index (χ3v) is 8.36. The number of nitrogens with zero attached hydrogens (tertiary/aromatic N) is 2. The summed E-state index contributed by atoms with van der Waals surface area (Å²) in [6.07, 6.45) is 6.49. The van der Waals surface area contributed by atoms with Gasteiger partial charge in [-0.2, -0.15) is 0 Å². The second kappa shape index (κ2) is 16.7. The number of alkyl carbamates (subject to hydrolysis) is 1. The number of carboxylic acid groups (broad SMARTS) is 1. The van der Waals surface area contributed by atoms with Crippen LogP contribution in [0.3, 0.4) is 0 Å². The molecule has 10 nitrogen and oxygen atoms in total. The molecule has 0 spiro atoms. The Hall–Kier alpha value is -4.99. The Morgan fingerprint density at radius 2 is 1.54 bits per heavy atom. The third-order valence-electron chi connectivity index (χ3n) is 8.36. The molecule has 3 amide bonds. The van der Waals surface area contributed by atoms with Crippen LogP contribution in [0.15, 0.2) is 79.1 Å². The quantitative estimate of drug-likeness (QED) is 0.174. The number of hydrazine groups is 1. The number of allylic oxidation sites excluding steroid dienone is 1. The predicted molar refractivity (Wildman–Crippen MR) is 184 cm³/mol. The minimum Gasteiger partial charge on any atom is -0.481 e. The van der Waals surface area contributed by atoms with Gasteiger partial charge in [-0.25, -0.2) is 4.79 Å². The van der Waals surface area contributed by atoms with Gasteiger partial charge in [-0.1, -0.05) is 94.4 Å². The van der Waals surface area contributed by atoms with Crippen molar-refractivity contribution in [2.24, 2.45) is 23.7 Å². The fourth-order valence-corrected chi connectivity index (χ4v) is 6.11. The zero-order valence-corrected chi connectivity index (χ0v) is 28.3. The van der Waals surface area contributed by atoms with E-state index in [0.29, 0.717) is 6.42 Å². The number of carbonyl (C=O) groups excluding carboxylic acids is 3. The van der Waals surface area contributed by atoms with Crippen LogP contribution >= 0.6 is 0 Å². The number of aliphatic carboxylic acids is 1. The van der Waals surface area contributed by atoms with Crippen LogP contribution in [0, 0.1) is 23.7 Å². The van der Waals surface area contributed by atoms with Crippen LogP contribution in [0.1, 0.15) is 70.1 Å². The van der Waals surface area contributed by atoms with E-state index < -0.39 is 41.8 Å². The lowest BCUT2D eigenvalue weighted by Gasteiger charge is -2.31. The van der Waals surface area contributed by atoms with Crippen LogP contribution in [-0.2, 0) is 19.1 Å². The Labute approximate surface area is 282 Å². The number of hydrogen-bond acceptors (Lipinski definition) is 6. The molecule has 0 bridgehead atoms. The van der Waals surface area contributed by atoms with Gasteiger partial charge in [0.1, 0.15) is 12.6 Å². The molecule has 0 saturated heterocycles. The Balaban J connectivity index is 1.41. The molecule has 3 aromatic rings. The van der Waals surface area contributed by atoms with Crippen molar-refractivity contribution >= 4 is 30.0 Å². The summed E-state index contributed by atoms with van der Waals surface area (Å²) in [4.78, 5) is 56.8. The van der Waals surface area contributed by atoms with E-state index in [-0.39, 0.29) is 37.3 Å². The minimum atomic E-state index is -1.10. The first kappa shape index (κ1) is 35.9. The van der Waals surface area contributed by atoms with Crippen LogP contribution in [0.2, 0.25) is 0 Å². The van der Waals surface area contributed by atoms with E-state index in [2.05, 4.69) is 27.9 Å². The van der Waals surface area contributed by atoms with Gasteiger partial charge in [0.05, 0.1) is 11.8 Å². The van der Waals surface area contributed by atoms with Crippen LogP contribution < -0.4 is 10.7 Å². The van der Waals surface area contributed by atoms with E-state index in [1.165, 1.54) is 11.9 Å². The maximum Gasteiger partial charge on any atom is 0.407 e. The summed E-state index contributed by atoms with van der Waals surface area (Å²) in [5, 5.41) is 13.9. The molecule has 4 rings (SSSR count). The highest BCUT2D eigenvalue weighted by molar-refractivity contribution is 5.90. The lowest BCUT2D eigenvalue weighted by Crippen LogP contribution is -2.56. The Bertz CT molecular complexity index is 1560. The lowest BCUT2D eigenvalue weighted by molar-refractivity contribution is -0.151. The molecule has 254 valence electrons. The van der Waals surface area contributed by atoms with Crippen molar-refractivity contribution in [2.75, 3.05) is 13.2 Å². The van der Waals surface area contributed by atoms with Gasteiger partial charge in [-0.15, -0.1) is 0 Å². The number of aromatic nitrogens is 1. The van der Waals surface area contributed by atoms with Gasteiger partial charge in [0, 0.05) is 24.9 Å². The SMILES string of the molecule is CC(C)C[C@@H](C(=O)NN(CC(C)C)C(=O)[C@@H](C)NC(=O)OCC1c2ccccc2-c2ccccc21)[C@H](CC=Cc1cccnc1)C(=O)O. The molecule has 2 aromatic carbocycles. The molecule has 1 aliphatic rings. The zero-order valence-electron chi connectivity index (χ0n) is 28.3. The predicted octanol–water partition coefficient (Wildman–Crippen LogP) is 6.29. The maximum absolute atomic E-state index is 13.7. The number of hydrogen-bond donors (Lipinski definition) is 3. The van der Waals surface area contributed by atoms with Crippen LogP contribution in [0.5, 0.6) is 0 Å². The first-order chi connectivity index (χ1) is 23.0. The molecule has 10 heteroatoms. The third kappa shape index (κ3) is 9.30. The second-order valence-electron chi connectivity index (χ2n) is 13.1. The molecule has 0 radical (unpaired) electrons. The largest absolute Gasteiger partial charge is 0.481 e. The molecule has 1 heterocycles. The first-order valence-corrected chi connectivity index (χ1v) is 16.5. The summed E-state index contributed by atoms with van der Waals surface area (Å²) < 4.78 is 5.63. The van der Waals surface area contributed by atoms with Gasteiger partial charge < -0.3 is 15.2 Å². The van der Waals surface area contributed by atoms with Crippen molar-refractivity contribution in [3.05, 3.63) is 95.8 Å². The fourth-order valence-electron chi connectivity index (χ4n) is 6.11. The molecule has 3 N–H and O–H groups in total. The Morgan fingerprint density at radius 1 is 0.896 bits per heavy atom. The maximum atomic E-state index is 13.7. The number of carboxylic acids is 1. The van der Waals surface area contributed by atoms with Crippen molar-refractivity contribution < 1.29 is 29.0 Å². The Kier molecular flexibility index (Phi) is 12.5. The number of carbonyl (C=O) groups is 4. The molecule has 0 aliphatic heterocycles. The number of pyridine rings is 1. The minimum absolute atomic E-state index is 0.0216. The van der Waals surface area contributed by atoms with Crippen LogP contribution in [0.4, 0.5) is 4.79 Å². The van der Waals surface area contributed by atoms with Gasteiger partial charge in [0.25, 0.3) is 5.91 Å².